The van der Waals surface area contributed by atoms with Crippen LogP contribution < -0.4 is 32.0 Å². The van der Waals surface area contributed by atoms with Crippen LogP contribution in [0.4, 0.5) is 0 Å². The van der Waals surface area contributed by atoms with Gasteiger partial charge in [-0.3, -0.25) is 0 Å². The van der Waals surface area contributed by atoms with Gasteiger partial charge in [-0.2, -0.15) is 0 Å². The summed E-state index contributed by atoms with van der Waals surface area (Å²) in [6, 6.07) is 0. The number of ether oxygens (including phenoxy) is 2. The Kier molecular flexibility index (Phi) is 9.48. The molecule has 0 atom stereocenters. The van der Waals surface area contributed by atoms with E-state index < -0.39 is 22.5 Å². The van der Waals surface area contributed by atoms with E-state index in [9.17, 15) is 19.2 Å². The Hall–Kier alpha value is -2.90. The van der Waals surface area contributed by atoms with Gasteiger partial charge in [0.05, 0.1) is 13.2 Å². The Morgan fingerprint density at radius 3 is 1.09 bits per heavy atom. The highest BCUT2D eigenvalue weighted by Gasteiger charge is 2.29. The number of furan rings is 2. The number of unbranched alkanes of at least 4 members (excludes halogenated alkanes) is 10. The van der Waals surface area contributed by atoms with Crippen molar-refractivity contribution in [3.63, 3.8) is 0 Å². The smallest absolute Gasteiger partial charge is 0.350 e. The zero-order valence-corrected chi connectivity index (χ0v) is 20.2. The van der Waals surface area contributed by atoms with Gasteiger partial charge >= 0.3 is 22.5 Å². The number of hydrogen-bond acceptors (Lipinski definition) is 8. The lowest BCUT2D eigenvalue weighted by molar-refractivity contribution is 0.306. The number of benzene rings is 1. The van der Waals surface area contributed by atoms with Crippen LogP contribution >= 0.6 is 0 Å². The largest absolute Gasteiger partial charge is 0.492 e. The molecular weight excluding hydrogens is 440 g/mol. The molecule has 2 aromatic heterocycles. The molecule has 2 heterocycles. The molecule has 0 aliphatic rings. The predicted octanol–water partition coefficient (Wildman–Crippen LogP) is 4.97. The zero-order valence-electron chi connectivity index (χ0n) is 20.2. The summed E-state index contributed by atoms with van der Waals surface area (Å²) in [6.45, 7) is 4.75. The van der Waals surface area contributed by atoms with Crippen molar-refractivity contribution in [2.24, 2.45) is 0 Å². The van der Waals surface area contributed by atoms with Crippen LogP contribution in [0.25, 0.3) is 21.5 Å². The second-order valence-corrected chi connectivity index (χ2v) is 8.74. The van der Waals surface area contributed by atoms with Gasteiger partial charge in [-0.15, -0.1) is 0 Å². The molecule has 8 nitrogen and oxygen atoms in total. The van der Waals surface area contributed by atoms with Crippen molar-refractivity contribution in [3.05, 3.63) is 41.7 Å². The van der Waals surface area contributed by atoms with E-state index in [4.69, 9.17) is 18.3 Å². The van der Waals surface area contributed by atoms with Gasteiger partial charge in [0.15, 0.2) is 0 Å². The molecule has 0 fully saturated rings. The van der Waals surface area contributed by atoms with Crippen molar-refractivity contribution in [1.82, 2.24) is 0 Å². The Labute approximate surface area is 197 Å². The van der Waals surface area contributed by atoms with Gasteiger partial charge in [0.2, 0.25) is 0 Å². The lowest BCUT2D eigenvalue weighted by Gasteiger charge is -2.11. The van der Waals surface area contributed by atoms with Crippen molar-refractivity contribution in [3.8, 4) is 11.5 Å². The molecule has 0 radical (unpaired) electrons. The van der Waals surface area contributed by atoms with E-state index in [-0.39, 0.29) is 46.3 Å². The summed E-state index contributed by atoms with van der Waals surface area (Å²) < 4.78 is 21.2. The average molecular weight is 475 g/mol. The van der Waals surface area contributed by atoms with E-state index in [0.29, 0.717) is 12.8 Å². The first-order valence-electron chi connectivity index (χ1n) is 12.5. The molecule has 3 aromatic rings. The third kappa shape index (κ3) is 5.77. The number of hydrogen-bond donors (Lipinski definition) is 0. The Bertz CT molecular complexity index is 1100. The fourth-order valence-corrected chi connectivity index (χ4v) is 4.26. The van der Waals surface area contributed by atoms with Crippen molar-refractivity contribution in [2.45, 2.75) is 90.9 Å². The molecular formula is C26H34O8. The maximum Gasteiger partial charge on any atom is 0.350 e. The van der Waals surface area contributed by atoms with Gasteiger partial charge in [0.1, 0.15) is 33.0 Å². The lowest BCUT2D eigenvalue weighted by atomic mass is 10.1. The molecule has 0 N–H and O–H groups in total. The van der Waals surface area contributed by atoms with Crippen molar-refractivity contribution < 1.29 is 18.3 Å². The summed E-state index contributed by atoms with van der Waals surface area (Å²) >= 11 is 0. The third-order valence-electron chi connectivity index (χ3n) is 6.08. The molecule has 3 rings (SSSR count). The first-order chi connectivity index (χ1) is 16.5. The van der Waals surface area contributed by atoms with E-state index >= 15 is 0 Å². The molecule has 186 valence electrons. The van der Waals surface area contributed by atoms with Gasteiger partial charge < -0.3 is 18.3 Å². The second kappa shape index (κ2) is 12.5. The summed E-state index contributed by atoms with van der Waals surface area (Å²) in [5.41, 5.74) is -3.68. The molecule has 0 aliphatic carbocycles. The van der Waals surface area contributed by atoms with Gasteiger partial charge in [-0.1, -0.05) is 78.1 Å². The van der Waals surface area contributed by atoms with Crippen LogP contribution in [0, 0.1) is 0 Å². The number of fused-ring (bicyclic) bond motifs is 2. The van der Waals surface area contributed by atoms with Crippen molar-refractivity contribution >= 4 is 21.5 Å². The standard InChI is InChI=1S/C26H34O8/c1-3-5-7-9-11-13-15-31-21-17-19(25(29)33-23(17)27)22(20-18(21)24(28)34-26(20)30)32-16-14-12-10-8-6-4-2/h3-16H2,1-2H3. The minimum Gasteiger partial charge on any atom is -0.492 e. The Morgan fingerprint density at radius 1 is 0.471 bits per heavy atom. The molecule has 34 heavy (non-hydrogen) atoms. The van der Waals surface area contributed by atoms with E-state index in [0.717, 1.165) is 51.4 Å². The average Bonchev–Trinajstić information content (AvgIpc) is 3.28. The molecule has 0 amide bonds. The summed E-state index contributed by atoms with van der Waals surface area (Å²) in [5, 5.41) is -0.669. The maximum absolute atomic E-state index is 12.5. The number of rotatable bonds is 16. The summed E-state index contributed by atoms with van der Waals surface area (Å²) in [4.78, 5) is 50.0. The first kappa shape index (κ1) is 25.7. The highest BCUT2D eigenvalue weighted by atomic mass is 16.5. The molecule has 0 aliphatic heterocycles. The zero-order chi connectivity index (χ0) is 24.5. The fraction of sp³-hybridized carbons (Fsp3) is 0.615. The van der Waals surface area contributed by atoms with Gasteiger partial charge in [0, 0.05) is 0 Å². The molecule has 0 saturated carbocycles. The SMILES string of the molecule is CCCCCCCCOc1c2c(=O)oc(=O)c2c(OCCCCCCCC)c2c(=O)oc(=O)c12. The molecule has 0 spiro atoms. The van der Waals surface area contributed by atoms with Crippen LogP contribution in [0.3, 0.4) is 0 Å². The van der Waals surface area contributed by atoms with E-state index in [1.165, 1.54) is 12.8 Å². The highest BCUT2D eigenvalue weighted by molar-refractivity contribution is 6.10. The van der Waals surface area contributed by atoms with Crippen LogP contribution in [0.15, 0.2) is 28.0 Å². The minimum absolute atomic E-state index is 0.128. The summed E-state index contributed by atoms with van der Waals surface area (Å²) in [7, 11) is 0. The molecule has 8 heteroatoms. The predicted molar refractivity (Wildman–Crippen MR) is 131 cm³/mol. The van der Waals surface area contributed by atoms with E-state index in [1.807, 2.05) is 0 Å². The van der Waals surface area contributed by atoms with Gasteiger partial charge in [0.25, 0.3) is 0 Å². The summed E-state index contributed by atoms with van der Waals surface area (Å²) in [6.07, 6.45) is 12.3. The van der Waals surface area contributed by atoms with Gasteiger partial charge in [-0.05, 0) is 12.8 Å². The van der Waals surface area contributed by atoms with E-state index in [1.54, 1.807) is 0 Å². The fourth-order valence-electron chi connectivity index (χ4n) is 4.26. The topological polar surface area (TPSA) is 113 Å². The van der Waals surface area contributed by atoms with Crippen LogP contribution in [-0.2, 0) is 0 Å². The van der Waals surface area contributed by atoms with Crippen LogP contribution in [0.5, 0.6) is 11.5 Å². The Balaban J connectivity index is 1.89. The Morgan fingerprint density at radius 2 is 0.765 bits per heavy atom. The van der Waals surface area contributed by atoms with Crippen LogP contribution in [-0.4, -0.2) is 13.2 Å². The van der Waals surface area contributed by atoms with Crippen LogP contribution in [0.2, 0.25) is 0 Å². The third-order valence-corrected chi connectivity index (χ3v) is 6.08. The van der Waals surface area contributed by atoms with Crippen LogP contribution in [0.1, 0.15) is 90.9 Å². The highest BCUT2D eigenvalue weighted by Crippen LogP contribution is 2.38. The quantitative estimate of drug-likeness (QED) is 0.267. The summed E-state index contributed by atoms with van der Waals surface area (Å²) in [5.74, 6) is -0.255. The van der Waals surface area contributed by atoms with Crippen molar-refractivity contribution in [2.75, 3.05) is 13.2 Å². The monoisotopic (exact) mass is 474 g/mol. The van der Waals surface area contributed by atoms with E-state index in [2.05, 4.69) is 13.8 Å². The molecule has 0 bridgehead atoms. The normalized spacial score (nSPS) is 11.6. The van der Waals surface area contributed by atoms with Crippen molar-refractivity contribution in [1.29, 1.82) is 0 Å². The molecule has 1 aromatic carbocycles. The minimum atomic E-state index is -0.919. The lowest BCUT2D eigenvalue weighted by Crippen LogP contribution is -2.08. The molecule has 0 saturated heterocycles. The molecule has 0 unspecified atom stereocenters. The van der Waals surface area contributed by atoms with Gasteiger partial charge in [-0.25, -0.2) is 19.2 Å². The first-order valence-corrected chi connectivity index (χ1v) is 12.5. The maximum atomic E-state index is 12.5. The second-order valence-electron chi connectivity index (χ2n) is 8.74.